The van der Waals surface area contributed by atoms with Gasteiger partial charge in [0.05, 0.1) is 5.69 Å². The van der Waals surface area contributed by atoms with E-state index in [4.69, 9.17) is 11.6 Å². The van der Waals surface area contributed by atoms with Crippen molar-refractivity contribution in [3.05, 3.63) is 23.2 Å². The molecule has 0 aliphatic carbocycles. The standard InChI is InChI=1S/C12H12ClNO3S/c1-7(15)18-9-5-12(17)14(6-9)10-4-8(13)2-3-11(10)16/h2-4,9,16H,5-6H2,1H3. The van der Waals surface area contributed by atoms with Gasteiger partial charge in [-0.1, -0.05) is 23.4 Å². The number of rotatable bonds is 2. The molecule has 18 heavy (non-hydrogen) atoms. The number of thioether (sulfide) groups is 1. The molecule has 1 unspecified atom stereocenters. The fourth-order valence-electron chi connectivity index (χ4n) is 1.93. The third-order valence-corrected chi connectivity index (χ3v) is 3.87. The third-order valence-electron chi connectivity index (χ3n) is 2.65. The first kappa shape index (κ1) is 13.2. The van der Waals surface area contributed by atoms with Crippen molar-refractivity contribution in [3.63, 3.8) is 0 Å². The van der Waals surface area contributed by atoms with Crippen molar-refractivity contribution in [2.45, 2.75) is 18.6 Å². The molecule has 1 aliphatic rings. The number of carbonyl (C=O) groups is 2. The molecule has 96 valence electrons. The summed E-state index contributed by atoms with van der Waals surface area (Å²) < 4.78 is 0. The Balaban J connectivity index is 2.21. The second-order valence-corrected chi connectivity index (χ2v) is 5.99. The molecule has 4 nitrogen and oxygen atoms in total. The van der Waals surface area contributed by atoms with Crippen molar-refractivity contribution in [1.29, 1.82) is 0 Å². The number of anilines is 1. The Labute approximate surface area is 114 Å². The fourth-order valence-corrected chi connectivity index (χ4v) is 3.02. The minimum absolute atomic E-state index is 0.00929. The maximum Gasteiger partial charge on any atom is 0.228 e. The van der Waals surface area contributed by atoms with Crippen LogP contribution in [0.5, 0.6) is 5.75 Å². The highest BCUT2D eigenvalue weighted by molar-refractivity contribution is 8.14. The van der Waals surface area contributed by atoms with Crippen molar-refractivity contribution >= 4 is 40.1 Å². The number of benzene rings is 1. The highest BCUT2D eigenvalue weighted by Gasteiger charge is 2.33. The molecule has 6 heteroatoms. The van der Waals surface area contributed by atoms with Crippen LogP contribution in [0.15, 0.2) is 18.2 Å². The maximum atomic E-state index is 11.9. The smallest absolute Gasteiger partial charge is 0.228 e. The zero-order chi connectivity index (χ0) is 13.3. The Morgan fingerprint density at radius 2 is 2.28 bits per heavy atom. The van der Waals surface area contributed by atoms with E-state index in [2.05, 4.69) is 0 Å². The lowest BCUT2D eigenvalue weighted by molar-refractivity contribution is -0.117. The van der Waals surface area contributed by atoms with Gasteiger partial charge in [-0.25, -0.2) is 0 Å². The number of amides is 1. The first-order valence-electron chi connectivity index (χ1n) is 5.43. The van der Waals surface area contributed by atoms with Gasteiger partial charge < -0.3 is 10.0 Å². The molecule has 0 radical (unpaired) electrons. The van der Waals surface area contributed by atoms with E-state index in [0.29, 0.717) is 23.7 Å². The molecule has 1 amide bonds. The van der Waals surface area contributed by atoms with Gasteiger partial charge in [-0.15, -0.1) is 0 Å². The van der Waals surface area contributed by atoms with Crippen molar-refractivity contribution in [2.24, 2.45) is 0 Å². The van der Waals surface area contributed by atoms with E-state index in [-0.39, 0.29) is 22.0 Å². The molecule has 0 bridgehead atoms. The summed E-state index contributed by atoms with van der Waals surface area (Å²) in [6, 6.07) is 4.56. The summed E-state index contributed by atoms with van der Waals surface area (Å²) in [5.41, 5.74) is 0.402. The minimum Gasteiger partial charge on any atom is -0.506 e. The van der Waals surface area contributed by atoms with Gasteiger partial charge >= 0.3 is 0 Å². The van der Waals surface area contributed by atoms with Crippen LogP contribution in [0.25, 0.3) is 0 Å². The van der Waals surface area contributed by atoms with Gasteiger partial charge in [-0.3, -0.25) is 9.59 Å². The molecule has 1 N–H and O–H groups in total. The van der Waals surface area contributed by atoms with Gasteiger partial charge in [-0.2, -0.15) is 0 Å². The third kappa shape index (κ3) is 2.79. The summed E-state index contributed by atoms with van der Waals surface area (Å²) in [5, 5.41) is 10.1. The van der Waals surface area contributed by atoms with Crippen LogP contribution in [0.2, 0.25) is 5.02 Å². The predicted octanol–water partition coefficient (Wildman–Crippen LogP) is 2.43. The highest BCUT2D eigenvalue weighted by Crippen LogP contribution is 2.35. The highest BCUT2D eigenvalue weighted by atomic mass is 35.5. The maximum absolute atomic E-state index is 11.9. The van der Waals surface area contributed by atoms with Gasteiger partial charge in [-0.05, 0) is 18.2 Å². The second kappa shape index (κ2) is 5.20. The lowest BCUT2D eigenvalue weighted by atomic mass is 10.2. The van der Waals surface area contributed by atoms with Crippen molar-refractivity contribution in [2.75, 3.05) is 11.4 Å². The number of aromatic hydroxyl groups is 1. The van der Waals surface area contributed by atoms with Gasteiger partial charge in [0.15, 0.2) is 5.12 Å². The zero-order valence-electron chi connectivity index (χ0n) is 9.72. The van der Waals surface area contributed by atoms with Crippen LogP contribution in [-0.4, -0.2) is 27.9 Å². The number of hydrogen-bond donors (Lipinski definition) is 1. The summed E-state index contributed by atoms with van der Waals surface area (Å²) in [7, 11) is 0. The number of carbonyl (C=O) groups excluding carboxylic acids is 2. The van der Waals surface area contributed by atoms with Crippen LogP contribution in [0.4, 0.5) is 5.69 Å². The summed E-state index contributed by atoms with van der Waals surface area (Å²) in [6.07, 6.45) is 0.302. The zero-order valence-corrected chi connectivity index (χ0v) is 11.3. The molecule has 1 saturated heterocycles. The largest absolute Gasteiger partial charge is 0.506 e. The average molecular weight is 286 g/mol. The lowest BCUT2D eigenvalue weighted by Gasteiger charge is -2.17. The van der Waals surface area contributed by atoms with Crippen LogP contribution in [0.3, 0.4) is 0 Å². The molecular formula is C12H12ClNO3S. The predicted molar refractivity (Wildman–Crippen MR) is 72.1 cm³/mol. The van der Waals surface area contributed by atoms with E-state index in [0.717, 1.165) is 11.8 Å². The monoisotopic (exact) mass is 285 g/mol. The van der Waals surface area contributed by atoms with Crippen LogP contribution < -0.4 is 4.90 Å². The Morgan fingerprint density at radius 3 is 2.94 bits per heavy atom. The van der Waals surface area contributed by atoms with Crippen molar-refractivity contribution < 1.29 is 14.7 Å². The Hall–Kier alpha value is -1.20. The second-order valence-electron chi connectivity index (χ2n) is 4.07. The number of hydrogen-bond acceptors (Lipinski definition) is 4. The summed E-state index contributed by atoms with van der Waals surface area (Å²) in [5.74, 6) is -0.0902. The average Bonchev–Trinajstić information content (AvgIpc) is 2.62. The molecule has 1 heterocycles. The van der Waals surface area contributed by atoms with Crippen molar-refractivity contribution in [3.8, 4) is 5.75 Å². The quantitative estimate of drug-likeness (QED) is 0.907. The topological polar surface area (TPSA) is 57.6 Å². The van der Waals surface area contributed by atoms with Gasteiger partial charge in [0, 0.05) is 30.2 Å². The summed E-state index contributed by atoms with van der Waals surface area (Å²) in [6.45, 7) is 1.89. The van der Waals surface area contributed by atoms with E-state index in [1.807, 2.05) is 0 Å². The fraction of sp³-hybridized carbons (Fsp3) is 0.333. The van der Waals surface area contributed by atoms with E-state index in [1.54, 1.807) is 12.1 Å². The Kier molecular flexibility index (Phi) is 3.82. The number of halogens is 1. The number of nitrogens with zero attached hydrogens (tertiary/aromatic N) is 1. The van der Waals surface area contributed by atoms with Gasteiger partial charge in [0.2, 0.25) is 5.91 Å². The lowest BCUT2D eigenvalue weighted by Crippen LogP contribution is -2.25. The minimum atomic E-state index is -0.105. The Morgan fingerprint density at radius 1 is 1.56 bits per heavy atom. The van der Waals surface area contributed by atoms with E-state index >= 15 is 0 Å². The van der Waals surface area contributed by atoms with Gasteiger partial charge in [0.1, 0.15) is 5.75 Å². The van der Waals surface area contributed by atoms with Crippen LogP contribution in [0, 0.1) is 0 Å². The van der Waals surface area contributed by atoms with Crippen molar-refractivity contribution in [1.82, 2.24) is 0 Å². The van der Waals surface area contributed by atoms with Crippen LogP contribution in [-0.2, 0) is 9.59 Å². The molecule has 1 fully saturated rings. The molecule has 1 aromatic rings. The first-order valence-corrected chi connectivity index (χ1v) is 6.69. The van der Waals surface area contributed by atoms with E-state index in [1.165, 1.54) is 17.9 Å². The number of phenolic OH excluding ortho intramolecular Hbond substituents is 1. The van der Waals surface area contributed by atoms with Crippen LogP contribution in [0.1, 0.15) is 13.3 Å². The summed E-state index contributed by atoms with van der Waals surface area (Å²) in [4.78, 5) is 24.4. The molecule has 2 rings (SSSR count). The molecular weight excluding hydrogens is 274 g/mol. The molecule has 1 aromatic carbocycles. The SMILES string of the molecule is CC(=O)SC1CC(=O)N(c2cc(Cl)ccc2O)C1. The summed E-state index contributed by atoms with van der Waals surface area (Å²) >= 11 is 7.01. The Bertz CT molecular complexity index is 506. The normalized spacial score (nSPS) is 19.3. The van der Waals surface area contributed by atoms with Gasteiger partial charge in [0.25, 0.3) is 0 Å². The molecule has 0 aromatic heterocycles. The molecule has 0 saturated carbocycles. The first-order chi connectivity index (χ1) is 8.47. The molecule has 0 spiro atoms. The van der Waals surface area contributed by atoms with E-state index in [9.17, 15) is 14.7 Å². The molecule has 1 aliphatic heterocycles. The number of phenols is 1. The van der Waals surface area contributed by atoms with E-state index < -0.39 is 0 Å². The van der Waals surface area contributed by atoms with Crippen LogP contribution >= 0.6 is 23.4 Å². The molecule has 1 atom stereocenters.